The second-order valence-corrected chi connectivity index (χ2v) is 4.78. The number of hydrogen-bond donors (Lipinski definition) is 0. The number of imide groups is 1. The molecule has 0 aromatic carbocycles. The van der Waals surface area contributed by atoms with Crippen LogP contribution in [0.3, 0.4) is 0 Å². The van der Waals surface area contributed by atoms with E-state index in [4.69, 9.17) is 9.47 Å². The highest BCUT2D eigenvalue weighted by atomic mass is 16.8. The summed E-state index contributed by atoms with van der Waals surface area (Å²) < 4.78 is 9.72. The summed E-state index contributed by atoms with van der Waals surface area (Å²) in [6.07, 6.45) is 0.394. The summed E-state index contributed by atoms with van der Waals surface area (Å²) in [6.45, 7) is 3.80. The number of carbonyl (C=O) groups excluding carboxylic acids is 4. The fraction of sp³-hybridized carbons (Fsp3) is 0.714. The van der Waals surface area contributed by atoms with E-state index < -0.39 is 30.0 Å². The van der Waals surface area contributed by atoms with Gasteiger partial charge in [0.05, 0.1) is 6.61 Å². The van der Waals surface area contributed by atoms with Crippen LogP contribution in [0.25, 0.3) is 0 Å². The molecule has 0 saturated carbocycles. The Kier molecular flexibility index (Phi) is 7.34. The number of amides is 2. The van der Waals surface area contributed by atoms with Crippen molar-refractivity contribution in [1.82, 2.24) is 5.06 Å². The Morgan fingerprint density at radius 3 is 2.32 bits per heavy atom. The van der Waals surface area contributed by atoms with Gasteiger partial charge in [-0.2, -0.15) is 0 Å². The van der Waals surface area contributed by atoms with Gasteiger partial charge in [-0.25, -0.2) is 9.59 Å². The number of hydroxylamine groups is 2. The summed E-state index contributed by atoms with van der Waals surface area (Å²) in [5.41, 5.74) is 0. The van der Waals surface area contributed by atoms with Gasteiger partial charge in [-0.15, -0.1) is 0 Å². The van der Waals surface area contributed by atoms with E-state index in [0.29, 0.717) is 17.9 Å². The van der Waals surface area contributed by atoms with E-state index in [2.05, 4.69) is 4.84 Å². The summed E-state index contributed by atoms with van der Waals surface area (Å²) in [7, 11) is 0. The lowest BCUT2D eigenvalue weighted by molar-refractivity contribution is -0.180. The summed E-state index contributed by atoms with van der Waals surface area (Å²) in [5.74, 6) is -1.89. The minimum atomic E-state index is -1.27. The van der Waals surface area contributed by atoms with Crippen LogP contribution in [0.1, 0.15) is 52.4 Å². The number of carbonyl (C=O) groups is 4. The number of rotatable bonds is 8. The summed E-state index contributed by atoms with van der Waals surface area (Å²) in [6, 6.07) is 0. The van der Waals surface area contributed by atoms with Crippen molar-refractivity contribution in [2.45, 2.75) is 58.5 Å². The van der Waals surface area contributed by atoms with Crippen molar-refractivity contribution in [3.63, 3.8) is 0 Å². The first-order valence-corrected chi connectivity index (χ1v) is 7.40. The molecule has 1 saturated heterocycles. The molecule has 0 bridgehead atoms. The Morgan fingerprint density at radius 2 is 1.77 bits per heavy atom. The van der Waals surface area contributed by atoms with Crippen LogP contribution in [0.2, 0.25) is 0 Å². The molecule has 1 atom stereocenters. The Labute approximate surface area is 128 Å². The van der Waals surface area contributed by atoms with Gasteiger partial charge in [0.2, 0.25) is 6.10 Å². The minimum Gasteiger partial charge on any atom is -0.463 e. The van der Waals surface area contributed by atoms with Crippen LogP contribution in [-0.4, -0.2) is 41.7 Å². The van der Waals surface area contributed by atoms with Crippen LogP contribution in [0.15, 0.2) is 0 Å². The molecule has 8 heteroatoms. The zero-order valence-electron chi connectivity index (χ0n) is 12.8. The highest BCUT2D eigenvalue weighted by Gasteiger charge is 2.35. The van der Waals surface area contributed by atoms with Crippen LogP contribution >= 0.6 is 0 Å². The van der Waals surface area contributed by atoms with Gasteiger partial charge < -0.3 is 9.47 Å². The lowest BCUT2D eigenvalue weighted by Gasteiger charge is -2.18. The van der Waals surface area contributed by atoms with Crippen LogP contribution in [-0.2, 0) is 28.7 Å². The van der Waals surface area contributed by atoms with Crippen LogP contribution in [0, 0.1) is 0 Å². The van der Waals surface area contributed by atoms with Crippen molar-refractivity contribution in [2.75, 3.05) is 6.61 Å². The largest absolute Gasteiger partial charge is 0.534 e. The van der Waals surface area contributed by atoms with E-state index in [-0.39, 0.29) is 19.4 Å². The smallest absolute Gasteiger partial charge is 0.463 e. The third-order valence-corrected chi connectivity index (χ3v) is 3.03. The van der Waals surface area contributed by atoms with Gasteiger partial charge in [-0.3, -0.25) is 14.4 Å². The lowest BCUT2D eigenvalue weighted by atomic mass is 10.1. The van der Waals surface area contributed by atoms with E-state index >= 15 is 0 Å². The van der Waals surface area contributed by atoms with Crippen LogP contribution < -0.4 is 0 Å². The third-order valence-electron chi connectivity index (χ3n) is 3.03. The first-order valence-electron chi connectivity index (χ1n) is 7.40. The van der Waals surface area contributed by atoms with Crippen molar-refractivity contribution in [3.8, 4) is 0 Å². The minimum absolute atomic E-state index is 0.0100. The Balaban J connectivity index is 2.55. The standard InChI is InChI=1S/C14H21NO7/c1-3-5-6-7-10(13(18)20-4-2)21-14(19)22-15-11(16)8-9-12(15)17/h10H,3-9H2,1-2H3. The van der Waals surface area contributed by atoms with Crippen LogP contribution in [0.4, 0.5) is 4.79 Å². The molecule has 1 unspecified atom stereocenters. The number of hydrogen-bond acceptors (Lipinski definition) is 7. The predicted molar refractivity (Wildman–Crippen MR) is 73.2 cm³/mol. The van der Waals surface area contributed by atoms with Gasteiger partial charge in [0, 0.05) is 12.8 Å². The van der Waals surface area contributed by atoms with Crippen molar-refractivity contribution < 1.29 is 33.5 Å². The molecule has 8 nitrogen and oxygen atoms in total. The monoisotopic (exact) mass is 315 g/mol. The van der Waals surface area contributed by atoms with E-state index in [1.165, 1.54) is 0 Å². The first-order chi connectivity index (χ1) is 10.5. The molecule has 124 valence electrons. The van der Waals surface area contributed by atoms with Gasteiger partial charge in [-0.05, 0) is 19.8 Å². The normalized spacial score (nSPS) is 15.6. The van der Waals surface area contributed by atoms with E-state index in [0.717, 1.165) is 12.8 Å². The summed E-state index contributed by atoms with van der Waals surface area (Å²) >= 11 is 0. The second-order valence-electron chi connectivity index (χ2n) is 4.78. The predicted octanol–water partition coefficient (Wildman–Crippen LogP) is 1.72. The molecule has 0 aromatic rings. The molecule has 0 N–H and O–H groups in total. The van der Waals surface area contributed by atoms with Crippen molar-refractivity contribution in [3.05, 3.63) is 0 Å². The zero-order valence-corrected chi connectivity index (χ0v) is 12.8. The van der Waals surface area contributed by atoms with Crippen LogP contribution in [0.5, 0.6) is 0 Å². The average Bonchev–Trinajstić information content (AvgIpc) is 2.78. The maximum Gasteiger partial charge on any atom is 0.534 e. The second kappa shape index (κ2) is 9.01. The van der Waals surface area contributed by atoms with Gasteiger partial charge in [0.1, 0.15) is 0 Å². The van der Waals surface area contributed by atoms with Gasteiger partial charge in [0.25, 0.3) is 11.8 Å². The Bertz CT molecular complexity index is 419. The first kappa shape index (κ1) is 17.9. The molecule has 1 aliphatic heterocycles. The molecule has 0 radical (unpaired) electrons. The molecular weight excluding hydrogens is 294 g/mol. The zero-order chi connectivity index (χ0) is 16.5. The number of esters is 1. The molecule has 2 amide bonds. The number of unbranched alkanes of at least 4 members (excludes halogenated alkanes) is 2. The highest BCUT2D eigenvalue weighted by molar-refractivity contribution is 6.01. The Morgan fingerprint density at radius 1 is 1.14 bits per heavy atom. The molecule has 0 spiro atoms. The molecule has 0 aliphatic carbocycles. The molecule has 1 heterocycles. The molecular formula is C14H21NO7. The summed E-state index contributed by atoms with van der Waals surface area (Å²) in [5, 5.41) is 0.372. The van der Waals surface area contributed by atoms with Crippen molar-refractivity contribution in [1.29, 1.82) is 0 Å². The fourth-order valence-corrected chi connectivity index (χ4v) is 1.91. The maximum atomic E-state index is 11.7. The van der Waals surface area contributed by atoms with Crippen molar-refractivity contribution >= 4 is 23.9 Å². The molecule has 1 aliphatic rings. The SMILES string of the molecule is CCCCCC(OC(=O)ON1C(=O)CCC1=O)C(=O)OCC. The maximum absolute atomic E-state index is 11.7. The fourth-order valence-electron chi connectivity index (χ4n) is 1.91. The highest BCUT2D eigenvalue weighted by Crippen LogP contribution is 2.15. The number of ether oxygens (including phenoxy) is 2. The van der Waals surface area contributed by atoms with E-state index in [9.17, 15) is 19.2 Å². The molecule has 0 aromatic heterocycles. The average molecular weight is 315 g/mol. The molecule has 1 fully saturated rings. The quantitative estimate of drug-likeness (QED) is 0.382. The van der Waals surface area contributed by atoms with E-state index in [1.54, 1.807) is 6.92 Å². The van der Waals surface area contributed by atoms with Gasteiger partial charge in [-0.1, -0.05) is 24.8 Å². The molecule has 1 rings (SSSR count). The lowest BCUT2D eigenvalue weighted by Crippen LogP contribution is -2.36. The Hall–Kier alpha value is -2.12. The van der Waals surface area contributed by atoms with Gasteiger partial charge >= 0.3 is 12.1 Å². The number of nitrogens with zero attached hydrogens (tertiary/aromatic N) is 1. The van der Waals surface area contributed by atoms with Gasteiger partial charge in [0.15, 0.2) is 0 Å². The molecule has 22 heavy (non-hydrogen) atoms. The topological polar surface area (TPSA) is 99.2 Å². The summed E-state index contributed by atoms with van der Waals surface area (Å²) in [4.78, 5) is 50.6. The van der Waals surface area contributed by atoms with Crippen molar-refractivity contribution in [2.24, 2.45) is 0 Å². The van der Waals surface area contributed by atoms with E-state index in [1.807, 2.05) is 6.92 Å². The third kappa shape index (κ3) is 5.34.